The Balaban J connectivity index is 1.59. The van der Waals surface area contributed by atoms with E-state index in [2.05, 4.69) is 5.10 Å². The van der Waals surface area contributed by atoms with Crippen molar-refractivity contribution in [3.8, 4) is 40.2 Å². The maximum Gasteiger partial charge on any atom is 0.357 e. The van der Waals surface area contributed by atoms with E-state index in [9.17, 15) is 20.0 Å². The molecular weight excluding hydrogens is 454 g/mol. The van der Waals surface area contributed by atoms with Crippen molar-refractivity contribution in [1.82, 2.24) is 14.3 Å². The summed E-state index contributed by atoms with van der Waals surface area (Å²) in [7, 11) is 1.23. The number of esters is 1. The number of carboxylic acids is 1. The number of nitrogens with zero attached hydrogens (tertiary/aromatic N) is 4. The number of ether oxygens (including phenoxy) is 3. The molecule has 1 aliphatic heterocycles. The molecule has 0 atom stereocenters. The standard InChI is InChI=1S/C24H17N5O6/c1-33-24(32)22-21(26)14(10-25)11-28(22)15-3-5-16(6-4-15)29-18(9-17(27-29)23(30)31)13-2-7-19-20(8-13)35-12-34-19/h2-9,11H,12,26H2,1H3,(H,30,31). The molecular formula is C24H17N5O6. The first kappa shape index (κ1) is 21.6. The second kappa shape index (κ2) is 8.27. The van der Waals surface area contributed by atoms with Crippen molar-refractivity contribution in [2.45, 2.75) is 0 Å². The van der Waals surface area contributed by atoms with Gasteiger partial charge in [-0.25, -0.2) is 14.3 Å². The fraction of sp³-hybridized carbons (Fsp3) is 0.0833. The lowest BCUT2D eigenvalue weighted by molar-refractivity contribution is 0.0592. The third kappa shape index (κ3) is 3.59. The maximum atomic E-state index is 12.3. The lowest BCUT2D eigenvalue weighted by Gasteiger charge is -2.11. The van der Waals surface area contributed by atoms with Crippen LogP contribution >= 0.6 is 0 Å². The number of hydrogen-bond acceptors (Lipinski definition) is 8. The number of benzene rings is 2. The molecule has 5 rings (SSSR count). The summed E-state index contributed by atoms with van der Waals surface area (Å²) in [6, 6.07) is 15.5. The maximum absolute atomic E-state index is 12.3. The van der Waals surface area contributed by atoms with E-state index >= 15 is 0 Å². The number of nitrogens with two attached hydrogens (primary N) is 1. The number of carbonyl (C=O) groups excluding carboxylic acids is 1. The van der Waals surface area contributed by atoms with Crippen LogP contribution in [0.25, 0.3) is 22.6 Å². The lowest BCUT2D eigenvalue weighted by atomic mass is 10.1. The number of nitriles is 1. The number of hydrogen-bond donors (Lipinski definition) is 2. The third-order valence-electron chi connectivity index (χ3n) is 5.51. The molecule has 0 spiro atoms. The van der Waals surface area contributed by atoms with Crippen LogP contribution in [0.1, 0.15) is 26.5 Å². The Hall–Kier alpha value is -5.24. The number of methoxy groups -OCH3 is 1. The minimum Gasteiger partial charge on any atom is -0.476 e. The summed E-state index contributed by atoms with van der Waals surface area (Å²) in [5, 5.41) is 23.1. The SMILES string of the molecule is COC(=O)c1c(N)c(C#N)cn1-c1ccc(-n2nc(C(=O)O)cc2-c2ccc3c(c2)OCO3)cc1. The second-order valence-electron chi connectivity index (χ2n) is 7.49. The van der Waals surface area contributed by atoms with E-state index in [1.54, 1.807) is 42.5 Å². The molecule has 35 heavy (non-hydrogen) atoms. The van der Waals surface area contributed by atoms with Crippen molar-refractivity contribution < 1.29 is 28.9 Å². The fourth-order valence-corrected chi connectivity index (χ4v) is 3.82. The van der Waals surface area contributed by atoms with Gasteiger partial charge in [0.25, 0.3) is 0 Å². The molecule has 1 aliphatic rings. The average molecular weight is 471 g/mol. The van der Waals surface area contributed by atoms with Gasteiger partial charge in [-0.05, 0) is 48.5 Å². The van der Waals surface area contributed by atoms with Crippen molar-refractivity contribution in [1.29, 1.82) is 5.26 Å². The molecule has 0 aliphatic carbocycles. The number of anilines is 1. The molecule has 2 aromatic carbocycles. The van der Waals surface area contributed by atoms with Gasteiger partial charge in [0.15, 0.2) is 22.9 Å². The molecule has 0 saturated carbocycles. The first-order valence-corrected chi connectivity index (χ1v) is 10.2. The quantitative estimate of drug-likeness (QED) is 0.418. The molecule has 0 saturated heterocycles. The number of aromatic nitrogens is 3. The Morgan fingerprint density at radius 3 is 2.51 bits per heavy atom. The Morgan fingerprint density at radius 2 is 1.83 bits per heavy atom. The van der Waals surface area contributed by atoms with Gasteiger partial charge < -0.3 is 29.6 Å². The zero-order valence-electron chi connectivity index (χ0n) is 18.3. The lowest BCUT2D eigenvalue weighted by Crippen LogP contribution is -2.11. The smallest absolute Gasteiger partial charge is 0.357 e. The minimum absolute atomic E-state index is 0.0201. The fourth-order valence-electron chi connectivity index (χ4n) is 3.82. The topological polar surface area (TPSA) is 155 Å². The predicted octanol–water partition coefficient (Wildman–Crippen LogP) is 3.00. The van der Waals surface area contributed by atoms with Crippen LogP contribution in [0.2, 0.25) is 0 Å². The monoisotopic (exact) mass is 471 g/mol. The van der Waals surface area contributed by atoms with Gasteiger partial charge in [-0.1, -0.05) is 0 Å². The first-order chi connectivity index (χ1) is 16.9. The highest BCUT2D eigenvalue weighted by Gasteiger charge is 2.23. The predicted molar refractivity (Wildman–Crippen MR) is 122 cm³/mol. The summed E-state index contributed by atoms with van der Waals surface area (Å²) in [5.74, 6) is -0.698. The minimum atomic E-state index is -1.17. The van der Waals surface area contributed by atoms with Gasteiger partial charge >= 0.3 is 11.9 Å². The van der Waals surface area contributed by atoms with Gasteiger partial charge in [0, 0.05) is 17.4 Å². The van der Waals surface area contributed by atoms with E-state index < -0.39 is 11.9 Å². The van der Waals surface area contributed by atoms with Gasteiger partial charge in [-0.3, -0.25) is 0 Å². The first-order valence-electron chi connectivity index (χ1n) is 10.2. The third-order valence-corrected chi connectivity index (χ3v) is 5.51. The number of fused-ring (bicyclic) bond motifs is 1. The van der Waals surface area contributed by atoms with Crippen LogP contribution in [0.4, 0.5) is 5.69 Å². The molecule has 174 valence electrons. The molecule has 0 amide bonds. The van der Waals surface area contributed by atoms with Crippen molar-refractivity contribution >= 4 is 17.6 Å². The van der Waals surface area contributed by atoms with Gasteiger partial charge in [-0.2, -0.15) is 10.4 Å². The summed E-state index contributed by atoms with van der Waals surface area (Å²) >= 11 is 0. The van der Waals surface area contributed by atoms with Gasteiger partial charge in [-0.15, -0.1) is 0 Å². The number of carboxylic acid groups (broad SMARTS) is 1. The van der Waals surface area contributed by atoms with E-state index in [4.69, 9.17) is 19.9 Å². The zero-order chi connectivity index (χ0) is 24.7. The van der Waals surface area contributed by atoms with Crippen LogP contribution < -0.4 is 15.2 Å². The molecule has 11 heteroatoms. The number of aromatic carboxylic acids is 1. The molecule has 0 unspecified atom stereocenters. The van der Waals surface area contributed by atoms with Crippen molar-refractivity contribution in [2.75, 3.05) is 19.6 Å². The van der Waals surface area contributed by atoms with Crippen LogP contribution in [0.15, 0.2) is 54.7 Å². The zero-order valence-corrected chi connectivity index (χ0v) is 18.3. The number of rotatable bonds is 5. The molecule has 0 radical (unpaired) electrons. The van der Waals surface area contributed by atoms with Crippen molar-refractivity contribution in [2.24, 2.45) is 0 Å². The summed E-state index contributed by atoms with van der Waals surface area (Å²) in [6.45, 7) is 0.116. The van der Waals surface area contributed by atoms with Crippen LogP contribution in [0, 0.1) is 11.3 Å². The Kier molecular flexibility index (Phi) is 5.10. The molecule has 2 aromatic heterocycles. The highest BCUT2D eigenvalue weighted by molar-refractivity contribution is 5.96. The molecule has 0 fully saturated rings. The summed E-state index contributed by atoms with van der Waals surface area (Å²) in [6.07, 6.45) is 1.45. The van der Waals surface area contributed by atoms with Gasteiger partial charge in [0.2, 0.25) is 6.79 Å². The highest BCUT2D eigenvalue weighted by Crippen LogP contribution is 2.37. The number of nitrogen functional groups attached to an aromatic ring is 1. The average Bonchev–Trinajstić information content (AvgIpc) is 3.60. The summed E-state index contributed by atoms with van der Waals surface area (Å²) < 4.78 is 18.6. The Labute approximate surface area is 198 Å². The summed E-state index contributed by atoms with van der Waals surface area (Å²) in [4.78, 5) is 23.9. The van der Waals surface area contributed by atoms with Crippen LogP contribution in [0.3, 0.4) is 0 Å². The highest BCUT2D eigenvalue weighted by atomic mass is 16.7. The number of carbonyl (C=O) groups is 2. The summed E-state index contributed by atoms with van der Waals surface area (Å²) in [5.41, 5.74) is 8.34. The van der Waals surface area contributed by atoms with Crippen molar-refractivity contribution in [3.63, 3.8) is 0 Å². The van der Waals surface area contributed by atoms with Crippen molar-refractivity contribution in [3.05, 3.63) is 71.7 Å². The van der Waals surface area contributed by atoms with E-state index in [0.29, 0.717) is 34.1 Å². The van der Waals surface area contributed by atoms with Crippen LogP contribution in [-0.2, 0) is 4.74 Å². The van der Waals surface area contributed by atoms with Gasteiger partial charge in [0.1, 0.15) is 6.07 Å². The normalized spacial score (nSPS) is 11.8. The van der Waals surface area contributed by atoms with E-state index in [1.807, 2.05) is 6.07 Å². The molecule has 11 nitrogen and oxygen atoms in total. The van der Waals surface area contributed by atoms with Crippen LogP contribution in [-0.4, -0.2) is 45.3 Å². The van der Waals surface area contributed by atoms with Gasteiger partial charge in [0.05, 0.1) is 29.7 Å². The van der Waals surface area contributed by atoms with E-state index in [0.717, 1.165) is 0 Å². The largest absolute Gasteiger partial charge is 0.476 e. The van der Waals surface area contributed by atoms with E-state index in [1.165, 1.54) is 28.6 Å². The Morgan fingerprint density at radius 1 is 1.11 bits per heavy atom. The molecule has 3 heterocycles. The molecule has 0 bridgehead atoms. The second-order valence-corrected chi connectivity index (χ2v) is 7.49. The molecule has 3 N–H and O–H groups in total. The van der Waals surface area contributed by atoms with E-state index in [-0.39, 0.29) is 29.4 Å². The Bertz CT molecular complexity index is 1530. The molecule has 4 aromatic rings. The van der Waals surface area contributed by atoms with Crippen LogP contribution in [0.5, 0.6) is 11.5 Å².